The maximum Gasteiger partial charge on any atom is 0.243 e. The highest BCUT2D eigenvalue weighted by molar-refractivity contribution is 5.95. The van der Waals surface area contributed by atoms with Crippen LogP contribution in [0.1, 0.15) is 35.8 Å². The number of nitrogens with zero attached hydrogens (tertiary/aromatic N) is 2. The van der Waals surface area contributed by atoms with Crippen molar-refractivity contribution in [2.75, 3.05) is 18.0 Å². The van der Waals surface area contributed by atoms with Crippen molar-refractivity contribution in [3.05, 3.63) is 47.5 Å². The summed E-state index contributed by atoms with van der Waals surface area (Å²) in [5, 5.41) is 6.17. The molecule has 0 aliphatic carbocycles. The molecule has 3 N–H and O–H groups in total. The predicted molar refractivity (Wildman–Crippen MR) is 92.9 cm³/mol. The third-order valence-corrected chi connectivity index (χ3v) is 4.80. The third-order valence-electron chi connectivity index (χ3n) is 4.80. The van der Waals surface area contributed by atoms with Crippen molar-refractivity contribution < 1.29 is 9.59 Å². The molecule has 1 atom stereocenters. The number of benzene rings is 1. The summed E-state index contributed by atoms with van der Waals surface area (Å²) < 4.78 is 0. The monoisotopic (exact) mass is 339 g/mol. The van der Waals surface area contributed by atoms with Crippen LogP contribution in [-0.4, -0.2) is 34.9 Å². The highest BCUT2D eigenvalue weighted by Crippen LogP contribution is 2.22. The lowest BCUT2D eigenvalue weighted by Crippen LogP contribution is -2.41. The molecule has 4 rings (SSSR count). The quantitative estimate of drug-likeness (QED) is 0.776. The Kier molecular flexibility index (Phi) is 4.23. The number of anilines is 1. The number of imidazole rings is 1. The van der Waals surface area contributed by atoms with Gasteiger partial charge in [0.15, 0.2) is 0 Å². The topological polar surface area (TPSA) is 90.1 Å². The van der Waals surface area contributed by atoms with Crippen LogP contribution in [0, 0.1) is 0 Å². The van der Waals surface area contributed by atoms with Gasteiger partial charge in [0, 0.05) is 43.9 Å². The van der Waals surface area contributed by atoms with Crippen molar-refractivity contribution in [2.45, 2.75) is 31.8 Å². The molecule has 25 heavy (non-hydrogen) atoms. The SMILES string of the molecule is O=C(NCc1ccc(N2CCCC2=O)cc1)[C@H]1NCCc2[nH]cnc21. The molecule has 2 aromatic rings. The van der Waals surface area contributed by atoms with Crippen molar-refractivity contribution >= 4 is 17.5 Å². The fourth-order valence-corrected chi connectivity index (χ4v) is 3.44. The van der Waals surface area contributed by atoms with Gasteiger partial charge in [-0.05, 0) is 24.1 Å². The minimum Gasteiger partial charge on any atom is -0.350 e. The molecule has 0 radical (unpaired) electrons. The zero-order chi connectivity index (χ0) is 17.2. The molecule has 0 saturated carbocycles. The van der Waals surface area contributed by atoms with Crippen LogP contribution in [0.3, 0.4) is 0 Å². The number of carbonyl (C=O) groups excluding carboxylic acids is 2. The minimum atomic E-state index is -0.406. The van der Waals surface area contributed by atoms with Crippen LogP contribution in [0.5, 0.6) is 0 Å². The van der Waals surface area contributed by atoms with Gasteiger partial charge in [-0.15, -0.1) is 0 Å². The molecule has 2 aliphatic heterocycles. The molecule has 1 saturated heterocycles. The number of carbonyl (C=O) groups is 2. The molecule has 130 valence electrons. The van der Waals surface area contributed by atoms with E-state index in [1.165, 1.54) is 0 Å². The Morgan fingerprint density at radius 2 is 2.12 bits per heavy atom. The van der Waals surface area contributed by atoms with E-state index in [2.05, 4.69) is 20.6 Å². The molecule has 3 heterocycles. The summed E-state index contributed by atoms with van der Waals surface area (Å²) in [5.74, 6) is 0.103. The van der Waals surface area contributed by atoms with E-state index in [0.29, 0.717) is 13.0 Å². The molecule has 7 heteroatoms. The first kappa shape index (κ1) is 15.8. The second kappa shape index (κ2) is 6.68. The molecule has 7 nitrogen and oxygen atoms in total. The zero-order valence-corrected chi connectivity index (χ0v) is 13.9. The van der Waals surface area contributed by atoms with Gasteiger partial charge in [-0.25, -0.2) is 4.98 Å². The van der Waals surface area contributed by atoms with E-state index in [1.807, 2.05) is 29.2 Å². The van der Waals surface area contributed by atoms with Gasteiger partial charge in [-0.3, -0.25) is 9.59 Å². The Hall–Kier alpha value is -2.67. The summed E-state index contributed by atoms with van der Waals surface area (Å²) in [6.45, 7) is 1.99. The van der Waals surface area contributed by atoms with E-state index in [4.69, 9.17) is 0 Å². The third kappa shape index (κ3) is 3.15. The van der Waals surface area contributed by atoms with Crippen LogP contribution in [0.4, 0.5) is 5.69 Å². The summed E-state index contributed by atoms with van der Waals surface area (Å²) in [6, 6.07) is 7.38. The van der Waals surface area contributed by atoms with Gasteiger partial charge in [0.05, 0.1) is 12.0 Å². The summed E-state index contributed by atoms with van der Waals surface area (Å²) in [6.07, 6.45) is 4.04. The van der Waals surface area contributed by atoms with Gasteiger partial charge in [0.1, 0.15) is 6.04 Å². The first-order valence-corrected chi connectivity index (χ1v) is 8.65. The summed E-state index contributed by atoms with van der Waals surface area (Å²) in [4.78, 5) is 33.4. The highest BCUT2D eigenvalue weighted by Gasteiger charge is 2.28. The largest absolute Gasteiger partial charge is 0.350 e. The average molecular weight is 339 g/mol. The lowest BCUT2D eigenvalue weighted by molar-refractivity contribution is -0.123. The average Bonchev–Trinajstić information content (AvgIpc) is 3.28. The fraction of sp³-hybridized carbons (Fsp3) is 0.389. The number of hydrogen-bond acceptors (Lipinski definition) is 4. The zero-order valence-electron chi connectivity index (χ0n) is 13.9. The fourth-order valence-electron chi connectivity index (χ4n) is 3.44. The smallest absolute Gasteiger partial charge is 0.243 e. The Morgan fingerprint density at radius 1 is 1.28 bits per heavy atom. The molecule has 1 aromatic heterocycles. The van der Waals surface area contributed by atoms with Crippen molar-refractivity contribution in [1.29, 1.82) is 0 Å². The van der Waals surface area contributed by atoms with Gasteiger partial charge >= 0.3 is 0 Å². The number of nitrogens with one attached hydrogen (secondary N) is 3. The highest BCUT2D eigenvalue weighted by atomic mass is 16.2. The van der Waals surface area contributed by atoms with Crippen LogP contribution in [0.15, 0.2) is 30.6 Å². The van der Waals surface area contributed by atoms with Crippen LogP contribution >= 0.6 is 0 Å². The number of H-pyrrole nitrogens is 1. The normalized spacial score (nSPS) is 19.8. The lowest BCUT2D eigenvalue weighted by atomic mass is 10.0. The van der Waals surface area contributed by atoms with E-state index in [1.54, 1.807) is 6.33 Å². The molecule has 0 bridgehead atoms. The maximum absolute atomic E-state index is 12.5. The van der Waals surface area contributed by atoms with E-state index in [-0.39, 0.29) is 11.8 Å². The Balaban J connectivity index is 1.37. The van der Waals surface area contributed by atoms with Gasteiger partial charge in [0.2, 0.25) is 11.8 Å². The van der Waals surface area contributed by atoms with E-state index in [9.17, 15) is 9.59 Å². The number of hydrogen-bond donors (Lipinski definition) is 3. The number of rotatable bonds is 4. The summed E-state index contributed by atoms with van der Waals surface area (Å²) >= 11 is 0. The molecular weight excluding hydrogens is 318 g/mol. The van der Waals surface area contributed by atoms with Gasteiger partial charge in [-0.1, -0.05) is 12.1 Å². The molecule has 1 aromatic carbocycles. The minimum absolute atomic E-state index is 0.0770. The Bertz CT molecular complexity index is 783. The Morgan fingerprint density at radius 3 is 2.88 bits per heavy atom. The Labute approximate surface area is 145 Å². The summed E-state index contributed by atoms with van der Waals surface area (Å²) in [5.41, 5.74) is 3.74. The van der Waals surface area contributed by atoms with E-state index >= 15 is 0 Å². The molecule has 2 aliphatic rings. The molecule has 2 amide bonds. The van der Waals surface area contributed by atoms with Crippen molar-refractivity contribution in [1.82, 2.24) is 20.6 Å². The standard InChI is InChI=1S/C18H21N5O2/c24-15-2-1-9-23(15)13-5-3-12(4-6-13)10-20-18(25)17-16-14(7-8-19-17)21-11-22-16/h3-6,11,17,19H,1-2,7-10H2,(H,20,25)(H,21,22)/t17-/m0/s1. The van der Waals surface area contributed by atoms with Crippen molar-refractivity contribution in [2.24, 2.45) is 0 Å². The molecule has 0 unspecified atom stereocenters. The van der Waals surface area contributed by atoms with Crippen LogP contribution in [0.2, 0.25) is 0 Å². The van der Waals surface area contributed by atoms with Crippen LogP contribution in [0.25, 0.3) is 0 Å². The number of aromatic amines is 1. The van der Waals surface area contributed by atoms with Gasteiger partial charge in [-0.2, -0.15) is 0 Å². The second-order valence-corrected chi connectivity index (χ2v) is 6.44. The maximum atomic E-state index is 12.5. The van der Waals surface area contributed by atoms with Crippen molar-refractivity contribution in [3.63, 3.8) is 0 Å². The molecule has 1 fully saturated rings. The first-order valence-electron chi connectivity index (χ1n) is 8.65. The van der Waals surface area contributed by atoms with Gasteiger partial charge < -0.3 is 20.5 Å². The van der Waals surface area contributed by atoms with E-state index < -0.39 is 6.04 Å². The summed E-state index contributed by atoms with van der Waals surface area (Å²) in [7, 11) is 0. The van der Waals surface area contributed by atoms with Crippen molar-refractivity contribution in [3.8, 4) is 0 Å². The first-order chi connectivity index (χ1) is 12.2. The predicted octanol–water partition coefficient (Wildman–Crippen LogP) is 1.04. The van der Waals surface area contributed by atoms with Crippen LogP contribution < -0.4 is 15.5 Å². The van der Waals surface area contributed by atoms with Gasteiger partial charge in [0.25, 0.3) is 0 Å². The van der Waals surface area contributed by atoms with Crippen LogP contribution in [-0.2, 0) is 22.6 Å². The second-order valence-electron chi connectivity index (χ2n) is 6.44. The molecule has 0 spiro atoms. The number of fused-ring (bicyclic) bond motifs is 1. The lowest BCUT2D eigenvalue weighted by Gasteiger charge is -2.22. The number of aromatic nitrogens is 2. The number of amides is 2. The van der Waals surface area contributed by atoms with E-state index in [0.717, 1.165) is 48.6 Å². The molecular formula is C18H21N5O2.